The summed E-state index contributed by atoms with van der Waals surface area (Å²) in [6, 6.07) is -0.884. The fraction of sp³-hybridized carbons (Fsp3) is 0. The lowest BCUT2D eigenvalue weighted by molar-refractivity contribution is -0.140. The van der Waals surface area contributed by atoms with Gasteiger partial charge < -0.3 is 0 Å². The molecular formula is C3H3N3O3. The van der Waals surface area contributed by atoms with Crippen LogP contribution in [0.4, 0.5) is 4.79 Å². The molecule has 1 fully saturated rings. The van der Waals surface area contributed by atoms with Crippen molar-refractivity contribution in [3.8, 4) is 0 Å². The minimum atomic E-state index is -1.03. The molecule has 0 unspecified atom stereocenters. The van der Waals surface area contributed by atoms with Crippen LogP contribution < -0.4 is 11.2 Å². The van der Waals surface area contributed by atoms with Gasteiger partial charge in [-0.3, -0.25) is 14.9 Å². The third kappa shape index (κ3) is 0.646. The van der Waals surface area contributed by atoms with Crippen molar-refractivity contribution in [2.24, 2.45) is 5.84 Å². The number of carbonyl (C=O) groups excluding carboxylic acids is 3. The summed E-state index contributed by atoms with van der Waals surface area (Å²) in [6.07, 6.45) is 0. The van der Waals surface area contributed by atoms with Gasteiger partial charge in [-0.25, -0.2) is 10.6 Å². The Hall–Kier alpha value is -1.43. The number of imide groups is 2. The molecule has 0 aromatic rings. The van der Waals surface area contributed by atoms with Gasteiger partial charge in [-0.15, -0.1) is 0 Å². The van der Waals surface area contributed by atoms with Crippen molar-refractivity contribution in [3.05, 3.63) is 0 Å². The van der Waals surface area contributed by atoms with Gasteiger partial charge >= 0.3 is 17.8 Å². The summed E-state index contributed by atoms with van der Waals surface area (Å²) in [5.74, 6) is 2.75. The van der Waals surface area contributed by atoms with Gasteiger partial charge in [-0.2, -0.15) is 5.01 Å². The van der Waals surface area contributed by atoms with Crippen molar-refractivity contribution in [3.63, 3.8) is 0 Å². The largest absolute Gasteiger partial charge is 0.346 e. The number of hydrogen-bond donors (Lipinski definition) is 2. The summed E-state index contributed by atoms with van der Waals surface area (Å²) >= 11 is 0. The van der Waals surface area contributed by atoms with Gasteiger partial charge in [-0.05, 0) is 0 Å². The number of amides is 4. The second-order valence-electron chi connectivity index (χ2n) is 1.43. The third-order valence-electron chi connectivity index (χ3n) is 0.852. The number of rotatable bonds is 0. The maximum atomic E-state index is 10.3. The molecule has 0 saturated carbocycles. The van der Waals surface area contributed by atoms with Gasteiger partial charge in [0.2, 0.25) is 0 Å². The number of nitrogens with two attached hydrogens (primary N) is 1. The Morgan fingerprint density at radius 2 is 1.89 bits per heavy atom. The van der Waals surface area contributed by atoms with Gasteiger partial charge in [0.1, 0.15) is 0 Å². The number of carbonyl (C=O) groups is 3. The van der Waals surface area contributed by atoms with E-state index in [1.165, 1.54) is 0 Å². The number of urea groups is 1. The highest BCUT2D eigenvalue weighted by Gasteiger charge is 2.34. The molecule has 1 rings (SSSR count). The minimum Gasteiger partial charge on any atom is -0.268 e. The first-order chi connectivity index (χ1) is 4.13. The van der Waals surface area contributed by atoms with Crippen LogP contribution in [0.2, 0.25) is 0 Å². The molecule has 0 spiro atoms. The fourth-order valence-corrected chi connectivity index (χ4v) is 0.412. The van der Waals surface area contributed by atoms with Crippen molar-refractivity contribution in [1.82, 2.24) is 10.3 Å². The van der Waals surface area contributed by atoms with Gasteiger partial charge in [0.05, 0.1) is 0 Å². The van der Waals surface area contributed by atoms with E-state index in [9.17, 15) is 14.4 Å². The van der Waals surface area contributed by atoms with Crippen LogP contribution in [0, 0.1) is 0 Å². The molecule has 1 heterocycles. The third-order valence-corrected chi connectivity index (χ3v) is 0.852. The Bertz CT molecular complexity index is 198. The molecule has 3 N–H and O–H groups in total. The molecule has 1 saturated heterocycles. The molecule has 0 atom stereocenters. The van der Waals surface area contributed by atoms with E-state index in [1.54, 1.807) is 5.32 Å². The zero-order valence-corrected chi connectivity index (χ0v) is 4.25. The highest BCUT2D eigenvalue weighted by atomic mass is 16.2. The van der Waals surface area contributed by atoms with Crippen molar-refractivity contribution in [2.45, 2.75) is 0 Å². The maximum absolute atomic E-state index is 10.3. The summed E-state index contributed by atoms with van der Waals surface area (Å²) in [4.78, 5) is 30.7. The molecule has 1 aliphatic heterocycles. The zero-order valence-electron chi connectivity index (χ0n) is 4.25. The molecule has 0 aliphatic carbocycles. The van der Waals surface area contributed by atoms with Crippen LogP contribution in [0.25, 0.3) is 0 Å². The van der Waals surface area contributed by atoms with Crippen LogP contribution in [0.5, 0.6) is 0 Å². The lowest BCUT2D eigenvalue weighted by atomic mass is 10.6. The van der Waals surface area contributed by atoms with Gasteiger partial charge in [-0.1, -0.05) is 0 Å². The monoisotopic (exact) mass is 129 g/mol. The number of nitrogens with zero attached hydrogens (tertiary/aromatic N) is 1. The first kappa shape index (κ1) is 5.70. The predicted molar refractivity (Wildman–Crippen MR) is 24.6 cm³/mol. The molecule has 0 radical (unpaired) electrons. The van der Waals surface area contributed by atoms with Crippen molar-refractivity contribution in [1.29, 1.82) is 0 Å². The summed E-state index contributed by atoms with van der Waals surface area (Å²) in [7, 11) is 0. The quantitative estimate of drug-likeness (QED) is 0.170. The summed E-state index contributed by atoms with van der Waals surface area (Å²) in [5, 5.41) is 1.91. The molecule has 48 valence electrons. The van der Waals surface area contributed by atoms with E-state index in [0.717, 1.165) is 0 Å². The number of hydrogen-bond acceptors (Lipinski definition) is 4. The zero-order chi connectivity index (χ0) is 7.02. The highest BCUT2D eigenvalue weighted by molar-refractivity contribution is 6.44. The van der Waals surface area contributed by atoms with Crippen molar-refractivity contribution >= 4 is 17.8 Å². The molecule has 6 heteroatoms. The molecular weight excluding hydrogens is 126 g/mol. The Balaban J connectivity index is 2.90. The SMILES string of the molecule is NN1C(=O)NC(=O)C1=O. The van der Waals surface area contributed by atoms with Crippen LogP contribution >= 0.6 is 0 Å². The summed E-state index contributed by atoms with van der Waals surface area (Å²) in [5.41, 5.74) is 0. The standard InChI is InChI=1S/C3H3N3O3/c4-6-2(8)1(7)5-3(6)9/h4H2,(H,5,7,9). The summed E-state index contributed by atoms with van der Waals surface area (Å²) < 4.78 is 0. The highest BCUT2D eigenvalue weighted by Crippen LogP contribution is 1.90. The fourth-order valence-electron chi connectivity index (χ4n) is 0.412. The first-order valence-electron chi connectivity index (χ1n) is 2.07. The van der Waals surface area contributed by atoms with E-state index in [4.69, 9.17) is 5.84 Å². The molecule has 4 amide bonds. The average molecular weight is 129 g/mol. The van der Waals surface area contributed by atoms with Crippen molar-refractivity contribution in [2.75, 3.05) is 0 Å². The lowest BCUT2D eigenvalue weighted by Crippen LogP contribution is -2.37. The van der Waals surface area contributed by atoms with Crippen LogP contribution in [-0.2, 0) is 9.59 Å². The van der Waals surface area contributed by atoms with E-state index in [2.05, 4.69) is 0 Å². The van der Waals surface area contributed by atoms with Gasteiger partial charge in [0.25, 0.3) is 0 Å². The van der Waals surface area contributed by atoms with Crippen molar-refractivity contribution < 1.29 is 14.4 Å². The topological polar surface area (TPSA) is 92.5 Å². The Morgan fingerprint density at radius 3 is 2.00 bits per heavy atom. The molecule has 1 aliphatic rings. The van der Waals surface area contributed by atoms with Gasteiger partial charge in [0.15, 0.2) is 0 Å². The Morgan fingerprint density at radius 1 is 1.33 bits per heavy atom. The van der Waals surface area contributed by atoms with Crippen LogP contribution in [-0.4, -0.2) is 22.9 Å². The molecule has 9 heavy (non-hydrogen) atoms. The van der Waals surface area contributed by atoms with Crippen LogP contribution in [0.15, 0.2) is 0 Å². The van der Waals surface area contributed by atoms with Crippen LogP contribution in [0.3, 0.4) is 0 Å². The normalized spacial score (nSPS) is 18.8. The summed E-state index contributed by atoms with van der Waals surface area (Å²) in [6.45, 7) is 0. The number of nitrogens with one attached hydrogen (secondary N) is 1. The predicted octanol–water partition coefficient (Wildman–Crippen LogP) is -2.06. The van der Waals surface area contributed by atoms with E-state index in [1.807, 2.05) is 0 Å². The van der Waals surface area contributed by atoms with E-state index < -0.39 is 17.8 Å². The molecule has 0 aromatic heterocycles. The van der Waals surface area contributed by atoms with E-state index in [0.29, 0.717) is 0 Å². The second kappa shape index (κ2) is 1.52. The first-order valence-corrected chi connectivity index (χ1v) is 2.07. The maximum Gasteiger partial charge on any atom is 0.346 e. The smallest absolute Gasteiger partial charge is 0.268 e. The van der Waals surface area contributed by atoms with E-state index in [-0.39, 0.29) is 5.01 Å². The molecule has 6 nitrogen and oxygen atoms in total. The van der Waals surface area contributed by atoms with Gasteiger partial charge in [0, 0.05) is 0 Å². The van der Waals surface area contributed by atoms with Crippen LogP contribution in [0.1, 0.15) is 0 Å². The van der Waals surface area contributed by atoms with E-state index >= 15 is 0 Å². The average Bonchev–Trinajstić information content (AvgIpc) is 1.98. The second-order valence-corrected chi connectivity index (χ2v) is 1.43. The Labute approximate surface area is 49.6 Å². The molecule has 0 aromatic carbocycles. The Kier molecular flexibility index (Phi) is 0.965. The number of hydrazine groups is 1. The minimum absolute atomic E-state index is 0.225. The lowest BCUT2D eigenvalue weighted by Gasteiger charge is -1.97. The molecule has 0 bridgehead atoms.